The third kappa shape index (κ3) is 6.34. The Kier molecular flexibility index (Phi) is 7.68. The molecule has 3 rings (SSSR count). The first-order valence-electron chi connectivity index (χ1n) is 10.4. The zero-order valence-corrected chi connectivity index (χ0v) is 17.2. The van der Waals surface area contributed by atoms with Gasteiger partial charge in [-0.2, -0.15) is 0 Å². The number of hydrogen-bond acceptors (Lipinski definition) is 3. The van der Waals surface area contributed by atoms with Crippen molar-refractivity contribution >= 4 is 11.8 Å². The molecule has 2 aromatic rings. The third-order valence-corrected chi connectivity index (χ3v) is 5.29. The van der Waals surface area contributed by atoms with Crippen molar-refractivity contribution in [2.45, 2.75) is 32.6 Å². The van der Waals surface area contributed by atoms with Gasteiger partial charge in [-0.15, -0.1) is 0 Å². The molecule has 0 saturated carbocycles. The normalized spacial score (nSPS) is 14.4. The van der Waals surface area contributed by atoms with E-state index in [1.807, 2.05) is 71.3 Å². The van der Waals surface area contributed by atoms with Crippen LogP contribution in [-0.2, 0) is 16.0 Å². The lowest BCUT2D eigenvalue weighted by Crippen LogP contribution is -2.38. The summed E-state index contributed by atoms with van der Waals surface area (Å²) >= 11 is 0. The molecular formula is C24H30N2O3. The number of amides is 2. The maximum Gasteiger partial charge on any atom is 0.227 e. The van der Waals surface area contributed by atoms with Gasteiger partial charge in [0.1, 0.15) is 5.75 Å². The van der Waals surface area contributed by atoms with Crippen molar-refractivity contribution in [3.8, 4) is 5.75 Å². The number of benzene rings is 2. The minimum absolute atomic E-state index is 0.136. The standard InChI is InChI=1S/C24H30N2O3/c1-20-9-5-6-12-22(20)29-18-7-13-23(27)25-14-8-15-26(17-16-25)24(28)19-21-10-3-2-4-11-21/h2-6,9-12H,7-8,13-19H2,1H3. The Morgan fingerprint density at radius 3 is 2.24 bits per heavy atom. The summed E-state index contributed by atoms with van der Waals surface area (Å²) in [6.45, 7) is 5.20. The zero-order valence-electron chi connectivity index (χ0n) is 17.2. The fraction of sp³-hybridized carbons (Fsp3) is 0.417. The molecule has 2 amide bonds. The Balaban J connectivity index is 1.40. The zero-order chi connectivity index (χ0) is 20.5. The Hall–Kier alpha value is -2.82. The number of aryl methyl sites for hydroxylation is 1. The van der Waals surface area contributed by atoms with Gasteiger partial charge >= 0.3 is 0 Å². The average molecular weight is 395 g/mol. The third-order valence-electron chi connectivity index (χ3n) is 5.29. The number of para-hydroxylation sites is 1. The minimum atomic E-state index is 0.136. The number of rotatable bonds is 7. The van der Waals surface area contributed by atoms with E-state index in [0.717, 1.165) is 23.3 Å². The van der Waals surface area contributed by atoms with Crippen LogP contribution < -0.4 is 4.74 Å². The van der Waals surface area contributed by atoms with Crippen LogP contribution in [0.3, 0.4) is 0 Å². The van der Waals surface area contributed by atoms with Crippen LogP contribution in [0.25, 0.3) is 0 Å². The molecule has 1 aliphatic rings. The molecule has 1 fully saturated rings. The molecule has 29 heavy (non-hydrogen) atoms. The first-order valence-corrected chi connectivity index (χ1v) is 10.4. The van der Waals surface area contributed by atoms with Crippen molar-refractivity contribution in [2.75, 3.05) is 32.8 Å². The lowest BCUT2D eigenvalue weighted by Gasteiger charge is -2.22. The van der Waals surface area contributed by atoms with E-state index in [2.05, 4.69) is 0 Å². The number of hydrogen-bond donors (Lipinski definition) is 0. The van der Waals surface area contributed by atoms with E-state index in [4.69, 9.17) is 4.74 Å². The fourth-order valence-corrected chi connectivity index (χ4v) is 3.58. The molecule has 0 unspecified atom stereocenters. The average Bonchev–Trinajstić information content (AvgIpc) is 2.99. The van der Waals surface area contributed by atoms with Gasteiger partial charge < -0.3 is 14.5 Å². The lowest BCUT2D eigenvalue weighted by atomic mass is 10.1. The summed E-state index contributed by atoms with van der Waals surface area (Å²) in [6.07, 6.45) is 2.42. The largest absolute Gasteiger partial charge is 0.493 e. The summed E-state index contributed by atoms with van der Waals surface area (Å²) in [5.74, 6) is 1.16. The first kappa shape index (κ1) is 20.9. The Bertz CT molecular complexity index is 807. The SMILES string of the molecule is Cc1ccccc1OCCCC(=O)N1CCCN(C(=O)Cc2ccccc2)CC1. The Labute approximate surface area is 173 Å². The number of carbonyl (C=O) groups is 2. The van der Waals surface area contributed by atoms with Crippen molar-refractivity contribution in [3.05, 3.63) is 65.7 Å². The summed E-state index contributed by atoms with van der Waals surface area (Å²) < 4.78 is 5.78. The van der Waals surface area contributed by atoms with Crippen molar-refractivity contribution in [2.24, 2.45) is 0 Å². The van der Waals surface area contributed by atoms with E-state index >= 15 is 0 Å². The van der Waals surface area contributed by atoms with Crippen LogP contribution >= 0.6 is 0 Å². The van der Waals surface area contributed by atoms with Crippen molar-refractivity contribution in [1.82, 2.24) is 9.80 Å². The summed E-state index contributed by atoms with van der Waals surface area (Å²) in [5, 5.41) is 0. The van der Waals surface area contributed by atoms with Crippen LogP contribution in [0.2, 0.25) is 0 Å². The van der Waals surface area contributed by atoms with Crippen LogP contribution in [-0.4, -0.2) is 54.4 Å². The second kappa shape index (κ2) is 10.6. The Morgan fingerprint density at radius 1 is 0.862 bits per heavy atom. The predicted octanol–water partition coefficient (Wildman–Crippen LogP) is 3.46. The second-order valence-corrected chi connectivity index (χ2v) is 7.50. The van der Waals surface area contributed by atoms with Crippen LogP contribution in [0.15, 0.2) is 54.6 Å². The first-order chi connectivity index (χ1) is 14.1. The van der Waals surface area contributed by atoms with E-state index in [1.54, 1.807) is 0 Å². The molecule has 0 aliphatic carbocycles. The summed E-state index contributed by atoms with van der Waals surface area (Å²) in [4.78, 5) is 28.9. The van der Waals surface area contributed by atoms with E-state index in [-0.39, 0.29) is 11.8 Å². The van der Waals surface area contributed by atoms with E-state index in [9.17, 15) is 9.59 Å². The molecule has 0 aromatic heterocycles. The van der Waals surface area contributed by atoms with Crippen LogP contribution in [0, 0.1) is 6.92 Å². The van der Waals surface area contributed by atoms with Crippen LogP contribution in [0.5, 0.6) is 5.75 Å². The van der Waals surface area contributed by atoms with E-state index < -0.39 is 0 Å². The molecule has 0 radical (unpaired) electrons. The highest BCUT2D eigenvalue weighted by Gasteiger charge is 2.21. The summed E-state index contributed by atoms with van der Waals surface area (Å²) in [7, 11) is 0. The highest BCUT2D eigenvalue weighted by molar-refractivity contribution is 5.79. The number of ether oxygens (including phenoxy) is 1. The van der Waals surface area contributed by atoms with E-state index in [1.165, 1.54) is 0 Å². The predicted molar refractivity (Wildman–Crippen MR) is 114 cm³/mol. The molecule has 0 N–H and O–H groups in total. The molecule has 154 valence electrons. The topological polar surface area (TPSA) is 49.9 Å². The van der Waals surface area contributed by atoms with Gasteiger partial charge in [-0.25, -0.2) is 0 Å². The second-order valence-electron chi connectivity index (χ2n) is 7.50. The van der Waals surface area contributed by atoms with Gasteiger partial charge in [0.15, 0.2) is 0 Å². The molecule has 5 nitrogen and oxygen atoms in total. The molecular weight excluding hydrogens is 364 g/mol. The van der Waals surface area contributed by atoms with Crippen molar-refractivity contribution in [1.29, 1.82) is 0 Å². The molecule has 0 spiro atoms. The molecule has 1 aliphatic heterocycles. The van der Waals surface area contributed by atoms with Crippen LogP contribution in [0.4, 0.5) is 0 Å². The summed E-state index contributed by atoms with van der Waals surface area (Å²) in [6, 6.07) is 17.7. The molecule has 0 atom stereocenters. The smallest absolute Gasteiger partial charge is 0.227 e. The number of carbonyl (C=O) groups excluding carboxylic acids is 2. The van der Waals surface area contributed by atoms with Gasteiger partial charge in [0.2, 0.25) is 11.8 Å². The molecule has 1 heterocycles. The van der Waals surface area contributed by atoms with Crippen molar-refractivity contribution in [3.63, 3.8) is 0 Å². The maximum atomic E-state index is 12.6. The minimum Gasteiger partial charge on any atom is -0.493 e. The van der Waals surface area contributed by atoms with Crippen molar-refractivity contribution < 1.29 is 14.3 Å². The maximum absolute atomic E-state index is 12.6. The van der Waals surface area contributed by atoms with Crippen LogP contribution in [0.1, 0.15) is 30.4 Å². The van der Waals surface area contributed by atoms with Gasteiger partial charge in [0.05, 0.1) is 13.0 Å². The molecule has 0 bridgehead atoms. The molecule has 5 heteroatoms. The highest BCUT2D eigenvalue weighted by Crippen LogP contribution is 2.16. The van der Waals surface area contributed by atoms with Gasteiger partial charge in [-0.1, -0.05) is 48.5 Å². The molecule has 2 aromatic carbocycles. The Morgan fingerprint density at radius 2 is 1.52 bits per heavy atom. The monoisotopic (exact) mass is 394 g/mol. The lowest BCUT2D eigenvalue weighted by molar-refractivity contribution is -0.133. The van der Waals surface area contributed by atoms with E-state index in [0.29, 0.717) is 52.0 Å². The highest BCUT2D eigenvalue weighted by atomic mass is 16.5. The van der Waals surface area contributed by atoms with Gasteiger partial charge in [-0.05, 0) is 37.0 Å². The van der Waals surface area contributed by atoms with Gasteiger partial charge in [0, 0.05) is 32.6 Å². The van der Waals surface area contributed by atoms with Gasteiger partial charge in [-0.3, -0.25) is 9.59 Å². The summed E-state index contributed by atoms with van der Waals surface area (Å²) in [5.41, 5.74) is 2.13. The number of nitrogens with zero attached hydrogens (tertiary/aromatic N) is 2. The fourth-order valence-electron chi connectivity index (χ4n) is 3.58. The van der Waals surface area contributed by atoms with Gasteiger partial charge in [0.25, 0.3) is 0 Å². The molecule has 1 saturated heterocycles. The quantitative estimate of drug-likeness (QED) is 0.676.